The Bertz CT molecular complexity index is 866. The molecule has 1 aromatic heterocycles. The SMILES string of the molecule is OCc1cn[nH]c1C(c1ccccc1)(c1ccccc1)c1ccccc1. The van der Waals surface area contributed by atoms with Crippen LogP contribution < -0.4 is 0 Å². The first-order chi connectivity index (χ1) is 12.9. The minimum Gasteiger partial charge on any atom is -0.392 e. The maximum absolute atomic E-state index is 9.95. The van der Waals surface area contributed by atoms with Crippen molar-refractivity contribution < 1.29 is 5.11 Å². The molecule has 0 aliphatic carbocycles. The van der Waals surface area contributed by atoms with Crippen LogP contribution in [0.1, 0.15) is 27.9 Å². The molecule has 0 radical (unpaired) electrons. The van der Waals surface area contributed by atoms with Crippen LogP contribution in [0.3, 0.4) is 0 Å². The molecule has 2 N–H and O–H groups in total. The van der Waals surface area contributed by atoms with Gasteiger partial charge in [0, 0.05) is 5.56 Å². The number of aliphatic hydroxyl groups is 1. The summed E-state index contributed by atoms with van der Waals surface area (Å²) in [5.41, 5.74) is 4.47. The number of benzene rings is 3. The van der Waals surface area contributed by atoms with Gasteiger partial charge in [-0.25, -0.2) is 0 Å². The predicted molar refractivity (Wildman–Crippen MR) is 103 cm³/mol. The van der Waals surface area contributed by atoms with Gasteiger partial charge >= 0.3 is 0 Å². The van der Waals surface area contributed by atoms with Crippen LogP contribution in [0.2, 0.25) is 0 Å². The Morgan fingerprint density at radius 2 is 1.12 bits per heavy atom. The van der Waals surface area contributed by atoms with Crippen molar-refractivity contribution in [1.82, 2.24) is 10.2 Å². The Balaban J connectivity index is 2.15. The summed E-state index contributed by atoms with van der Waals surface area (Å²) in [7, 11) is 0. The van der Waals surface area contributed by atoms with E-state index in [1.54, 1.807) is 6.20 Å². The van der Waals surface area contributed by atoms with Gasteiger partial charge in [0.25, 0.3) is 0 Å². The van der Waals surface area contributed by atoms with Gasteiger partial charge in [-0.05, 0) is 16.7 Å². The van der Waals surface area contributed by atoms with Crippen LogP contribution in [0, 0.1) is 0 Å². The molecular weight excluding hydrogens is 320 g/mol. The summed E-state index contributed by atoms with van der Waals surface area (Å²) in [4.78, 5) is 0. The smallest absolute Gasteiger partial charge is 0.0871 e. The molecular formula is C23H20N2O. The van der Waals surface area contributed by atoms with Crippen LogP contribution in [0.4, 0.5) is 0 Å². The first-order valence-electron chi connectivity index (χ1n) is 8.67. The van der Waals surface area contributed by atoms with Gasteiger partial charge in [-0.15, -0.1) is 0 Å². The van der Waals surface area contributed by atoms with Crippen molar-refractivity contribution in [2.45, 2.75) is 12.0 Å². The molecule has 26 heavy (non-hydrogen) atoms. The summed E-state index contributed by atoms with van der Waals surface area (Å²) in [5, 5.41) is 17.4. The highest BCUT2D eigenvalue weighted by molar-refractivity contribution is 5.59. The topological polar surface area (TPSA) is 48.9 Å². The van der Waals surface area contributed by atoms with Gasteiger partial charge in [0.05, 0.1) is 23.9 Å². The highest BCUT2D eigenvalue weighted by Gasteiger charge is 2.41. The maximum atomic E-state index is 9.95. The highest BCUT2D eigenvalue weighted by atomic mass is 16.3. The predicted octanol–water partition coefficient (Wildman–Crippen LogP) is 4.28. The van der Waals surface area contributed by atoms with Crippen LogP contribution >= 0.6 is 0 Å². The number of nitrogens with one attached hydrogen (secondary N) is 1. The number of H-pyrrole nitrogens is 1. The van der Waals surface area contributed by atoms with Gasteiger partial charge < -0.3 is 5.11 Å². The van der Waals surface area contributed by atoms with E-state index < -0.39 is 5.41 Å². The minimum atomic E-state index is -0.585. The van der Waals surface area contributed by atoms with E-state index in [9.17, 15) is 5.11 Å². The zero-order chi connectivity index (χ0) is 17.8. The Kier molecular flexibility index (Phi) is 4.38. The van der Waals surface area contributed by atoms with E-state index in [-0.39, 0.29) is 6.61 Å². The Morgan fingerprint density at radius 3 is 1.50 bits per heavy atom. The van der Waals surface area contributed by atoms with E-state index in [1.807, 2.05) is 54.6 Å². The van der Waals surface area contributed by atoms with Gasteiger partial charge in [0.1, 0.15) is 0 Å². The molecule has 4 rings (SSSR count). The number of aromatic amines is 1. The van der Waals surface area contributed by atoms with Gasteiger partial charge in [-0.3, -0.25) is 5.10 Å². The second-order valence-corrected chi connectivity index (χ2v) is 6.28. The molecule has 3 aromatic carbocycles. The van der Waals surface area contributed by atoms with Crippen LogP contribution in [-0.4, -0.2) is 15.3 Å². The van der Waals surface area contributed by atoms with Crippen LogP contribution in [-0.2, 0) is 12.0 Å². The molecule has 3 heteroatoms. The molecule has 3 nitrogen and oxygen atoms in total. The summed E-state index contributed by atoms with van der Waals surface area (Å²) >= 11 is 0. The lowest BCUT2D eigenvalue weighted by Gasteiger charge is -2.36. The van der Waals surface area contributed by atoms with Crippen molar-refractivity contribution in [3.63, 3.8) is 0 Å². The molecule has 0 spiro atoms. The Hall–Kier alpha value is -3.17. The van der Waals surface area contributed by atoms with E-state index in [0.29, 0.717) is 0 Å². The average molecular weight is 340 g/mol. The normalized spacial score (nSPS) is 11.4. The van der Waals surface area contributed by atoms with E-state index in [4.69, 9.17) is 0 Å². The number of aromatic nitrogens is 2. The third kappa shape index (κ3) is 2.54. The standard InChI is InChI=1S/C23H20N2O/c26-17-18-16-24-25-22(18)23(19-10-4-1-5-11-19,20-12-6-2-7-13-20)21-14-8-3-9-15-21/h1-16,26H,17H2,(H,24,25). The third-order valence-electron chi connectivity index (χ3n) is 4.88. The molecule has 0 amide bonds. The number of hydrogen-bond acceptors (Lipinski definition) is 2. The van der Waals surface area contributed by atoms with E-state index in [0.717, 1.165) is 27.9 Å². The molecule has 0 bridgehead atoms. The molecule has 4 aromatic rings. The van der Waals surface area contributed by atoms with Crippen LogP contribution in [0.25, 0.3) is 0 Å². The zero-order valence-corrected chi connectivity index (χ0v) is 14.3. The quantitative estimate of drug-likeness (QED) is 0.533. The fraction of sp³-hybridized carbons (Fsp3) is 0.0870. The zero-order valence-electron chi connectivity index (χ0n) is 14.3. The lowest BCUT2D eigenvalue weighted by atomic mass is 9.66. The molecule has 128 valence electrons. The molecule has 0 unspecified atom stereocenters. The average Bonchev–Trinajstić information content (AvgIpc) is 3.20. The van der Waals surface area contributed by atoms with Gasteiger partial charge in [0.15, 0.2) is 0 Å². The number of hydrogen-bond donors (Lipinski definition) is 2. The maximum Gasteiger partial charge on any atom is 0.0871 e. The first-order valence-corrected chi connectivity index (χ1v) is 8.67. The van der Waals surface area contributed by atoms with Gasteiger partial charge in [-0.1, -0.05) is 91.0 Å². The van der Waals surface area contributed by atoms with Crippen molar-refractivity contribution in [3.05, 3.63) is 125 Å². The minimum absolute atomic E-state index is 0.0694. The Labute approximate surface area is 153 Å². The second kappa shape index (κ2) is 6.98. The van der Waals surface area contributed by atoms with Crippen molar-refractivity contribution in [2.24, 2.45) is 0 Å². The fourth-order valence-corrected chi connectivity index (χ4v) is 3.75. The lowest BCUT2D eigenvalue weighted by Crippen LogP contribution is -2.32. The molecule has 0 aliphatic rings. The van der Waals surface area contributed by atoms with Gasteiger partial charge in [-0.2, -0.15) is 5.10 Å². The summed E-state index contributed by atoms with van der Waals surface area (Å²) in [6.07, 6.45) is 1.71. The lowest BCUT2D eigenvalue weighted by molar-refractivity contribution is 0.279. The Morgan fingerprint density at radius 1 is 0.692 bits per heavy atom. The molecule has 0 saturated heterocycles. The highest BCUT2D eigenvalue weighted by Crippen LogP contribution is 2.45. The van der Waals surface area contributed by atoms with Crippen molar-refractivity contribution in [1.29, 1.82) is 0 Å². The number of rotatable bonds is 5. The van der Waals surface area contributed by atoms with E-state index >= 15 is 0 Å². The van der Waals surface area contributed by atoms with Crippen molar-refractivity contribution in [2.75, 3.05) is 0 Å². The summed E-state index contributed by atoms with van der Waals surface area (Å²) in [6.45, 7) is -0.0694. The second-order valence-electron chi connectivity index (χ2n) is 6.28. The number of nitrogens with zero attached hydrogens (tertiary/aromatic N) is 1. The molecule has 0 atom stereocenters. The fourth-order valence-electron chi connectivity index (χ4n) is 3.75. The van der Waals surface area contributed by atoms with Crippen LogP contribution in [0.5, 0.6) is 0 Å². The summed E-state index contributed by atoms with van der Waals surface area (Å²) in [5.74, 6) is 0. The largest absolute Gasteiger partial charge is 0.392 e. The van der Waals surface area contributed by atoms with Crippen molar-refractivity contribution >= 4 is 0 Å². The molecule has 0 saturated carbocycles. The first kappa shape index (κ1) is 16.3. The van der Waals surface area contributed by atoms with Crippen LogP contribution in [0.15, 0.2) is 97.2 Å². The molecule has 0 aliphatic heterocycles. The molecule has 0 fully saturated rings. The summed E-state index contributed by atoms with van der Waals surface area (Å²) < 4.78 is 0. The number of aliphatic hydroxyl groups excluding tert-OH is 1. The monoisotopic (exact) mass is 340 g/mol. The van der Waals surface area contributed by atoms with E-state index in [1.165, 1.54) is 0 Å². The summed E-state index contributed by atoms with van der Waals surface area (Å²) in [6, 6.07) is 31.1. The van der Waals surface area contributed by atoms with Gasteiger partial charge in [0.2, 0.25) is 0 Å². The van der Waals surface area contributed by atoms with Crippen molar-refractivity contribution in [3.8, 4) is 0 Å². The third-order valence-corrected chi connectivity index (χ3v) is 4.88. The van der Waals surface area contributed by atoms with E-state index in [2.05, 4.69) is 46.6 Å². The molecule has 1 heterocycles.